The molecule has 0 amide bonds. The molecule has 1 aromatic carbocycles. The molecule has 0 aliphatic heterocycles. The standard InChI is InChI=1S/C15H20N2O/c1-3-4-5-6-9-12-17-14-11-8-7-10-13(14)16(2)15(17)18/h3,7-8,10-11H,1,4-6,9,12H2,2H3. The Morgan fingerprint density at radius 3 is 2.61 bits per heavy atom. The van der Waals surface area contributed by atoms with Crippen LogP contribution in [0.3, 0.4) is 0 Å². The number of hydrogen-bond acceptors (Lipinski definition) is 1. The number of benzene rings is 1. The maximum Gasteiger partial charge on any atom is 0.328 e. The van der Waals surface area contributed by atoms with Gasteiger partial charge in [-0.3, -0.25) is 9.13 Å². The average molecular weight is 244 g/mol. The first-order valence-electron chi connectivity index (χ1n) is 6.51. The molecule has 0 radical (unpaired) electrons. The molecule has 0 saturated heterocycles. The smallest absolute Gasteiger partial charge is 0.295 e. The summed E-state index contributed by atoms with van der Waals surface area (Å²) in [6.45, 7) is 4.52. The largest absolute Gasteiger partial charge is 0.328 e. The third-order valence-electron chi connectivity index (χ3n) is 3.34. The van der Waals surface area contributed by atoms with E-state index in [1.807, 2.05) is 42.0 Å². The molecule has 96 valence electrons. The lowest BCUT2D eigenvalue weighted by Gasteiger charge is -2.02. The molecule has 18 heavy (non-hydrogen) atoms. The maximum atomic E-state index is 12.1. The number of hydrogen-bond donors (Lipinski definition) is 0. The van der Waals surface area contributed by atoms with Crippen molar-refractivity contribution in [2.45, 2.75) is 32.2 Å². The summed E-state index contributed by atoms with van der Waals surface area (Å²) in [6, 6.07) is 7.96. The van der Waals surface area contributed by atoms with Gasteiger partial charge in [0.1, 0.15) is 0 Å². The van der Waals surface area contributed by atoms with Gasteiger partial charge in [0, 0.05) is 13.6 Å². The summed E-state index contributed by atoms with van der Waals surface area (Å²) in [5.74, 6) is 0. The van der Waals surface area contributed by atoms with Gasteiger partial charge in [0.2, 0.25) is 0 Å². The number of para-hydroxylation sites is 2. The molecule has 0 spiro atoms. The number of fused-ring (bicyclic) bond motifs is 1. The molecule has 2 aromatic rings. The van der Waals surface area contributed by atoms with E-state index in [0.717, 1.165) is 43.3 Å². The van der Waals surface area contributed by atoms with E-state index in [2.05, 4.69) is 6.58 Å². The lowest BCUT2D eigenvalue weighted by atomic mass is 10.2. The topological polar surface area (TPSA) is 26.9 Å². The van der Waals surface area contributed by atoms with E-state index >= 15 is 0 Å². The molecule has 2 rings (SSSR count). The van der Waals surface area contributed by atoms with Gasteiger partial charge in [-0.15, -0.1) is 6.58 Å². The molecule has 0 aliphatic carbocycles. The Morgan fingerprint density at radius 1 is 1.17 bits per heavy atom. The summed E-state index contributed by atoms with van der Waals surface area (Å²) < 4.78 is 3.60. The predicted octanol–water partition coefficient (Wildman–Crippen LogP) is 3.09. The summed E-state index contributed by atoms with van der Waals surface area (Å²) in [5.41, 5.74) is 2.13. The Kier molecular flexibility index (Phi) is 4.03. The van der Waals surface area contributed by atoms with Crippen molar-refractivity contribution in [3.8, 4) is 0 Å². The van der Waals surface area contributed by atoms with Gasteiger partial charge in [-0.05, 0) is 31.4 Å². The monoisotopic (exact) mass is 244 g/mol. The van der Waals surface area contributed by atoms with Gasteiger partial charge in [-0.2, -0.15) is 0 Å². The number of allylic oxidation sites excluding steroid dienone is 1. The molecule has 0 aliphatic rings. The van der Waals surface area contributed by atoms with Crippen molar-refractivity contribution in [1.82, 2.24) is 9.13 Å². The fraction of sp³-hybridized carbons (Fsp3) is 0.400. The zero-order valence-electron chi connectivity index (χ0n) is 10.9. The number of aryl methyl sites for hydroxylation is 2. The minimum absolute atomic E-state index is 0.0833. The summed E-state index contributed by atoms with van der Waals surface area (Å²) in [6.07, 6.45) is 6.35. The molecule has 0 fully saturated rings. The Balaban J connectivity index is 2.15. The first-order chi connectivity index (χ1) is 8.75. The molecule has 1 aromatic heterocycles. The van der Waals surface area contributed by atoms with E-state index < -0.39 is 0 Å². The number of unbranched alkanes of at least 4 members (excludes halogenated alkanes) is 3. The van der Waals surface area contributed by atoms with Crippen LogP contribution in [0.5, 0.6) is 0 Å². The summed E-state index contributed by atoms with van der Waals surface area (Å²) in [4.78, 5) is 12.1. The highest BCUT2D eigenvalue weighted by atomic mass is 16.1. The maximum absolute atomic E-state index is 12.1. The second-order valence-electron chi connectivity index (χ2n) is 4.62. The second kappa shape index (κ2) is 5.71. The van der Waals surface area contributed by atoms with Crippen LogP contribution in [0.15, 0.2) is 41.7 Å². The van der Waals surface area contributed by atoms with Crippen molar-refractivity contribution in [2.24, 2.45) is 7.05 Å². The zero-order chi connectivity index (χ0) is 13.0. The van der Waals surface area contributed by atoms with Crippen LogP contribution >= 0.6 is 0 Å². The highest BCUT2D eigenvalue weighted by Gasteiger charge is 2.08. The minimum atomic E-state index is 0.0833. The van der Waals surface area contributed by atoms with Crippen LogP contribution in [-0.4, -0.2) is 9.13 Å². The molecule has 3 nitrogen and oxygen atoms in total. The number of aromatic nitrogens is 2. The van der Waals surface area contributed by atoms with Gasteiger partial charge in [0.15, 0.2) is 0 Å². The second-order valence-corrected chi connectivity index (χ2v) is 4.62. The van der Waals surface area contributed by atoms with Crippen molar-refractivity contribution < 1.29 is 0 Å². The normalized spacial score (nSPS) is 10.9. The Hall–Kier alpha value is -1.77. The van der Waals surface area contributed by atoms with Crippen molar-refractivity contribution in [3.05, 3.63) is 47.4 Å². The molecule has 3 heteroatoms. The Labute approximate surface area is 107 Å². The number of imidazole rings is 1. The average Bonchev–Trinajstić information content (AvgIpc) is 2.64. The first-order valence-corrected chi connectivity index (χ1v) is 6.51. The summed E-state index contributed by atoms with van der Waals surface area (Å²) >= 11 is 0. The van der Waals surface area contributed by atoms with E-state index in [1.165, 1.54) is 0 Å². The molecule has 0 bridgehead atoms. The highest BCUT2D eigenvalue weighted by molar-refractivity contribution is 5.75. The molecule has 0 N–H and O–H groups in total. The van der Waals surface area contributed by atoms with Gasteiger partial charge in [0.05, 0.1) is 11.0 Å². The fourth-order valence-electron chi connectivity index (χ4n) is 2.31. The lowest BCUT2D eigenvalue weighted by molar-refractivity contribution is 0.580. The van der Waals surface area contributed by atoms with Gasteiger partial charge in [-0.25, -0.2) is 4.79 Å². The predicted molar refractivity (Wildman–Crippen MR) is 75.8 cm³/mol. The SMILES string of the molecule is C=CCCCCCn1c(=O)n(C)c2ccccc21. The molecular weight excluding hydrogens is 224 g/mol. The van der Waals surface area contributed by atoms with Gasteiger partial charge in [0.25, 0.3) is 0 Å². The molecular formula is C15H20N2O. The summed E-state index contributed by atoms with van der Waals surface area (Å²) in [7, 11) is 1.83. The Bertz CT molecular complexity index is 592. The molecule has 0 atom stereocenters. The van der Waals surface area contributed by atoms with Crippen LogP contribution in [0.4, 0.5) is 0 Å². The van der Waals surface area contributed by atoms with Crippen LogP contribution in [0.1, 0.15) is 25.7 Å². The highest BCUT2D eigenvalue weighted by Crippen LogP contribution is 2.12. The quantitative estimate of drug-likeness (QED) is 0.566. The van der Waals surface area contributed by atoms with Crippen LogP contribution in [0.2, 0.25) is 0 Å². The van der Waals surface area contributed by atoms with Crippen LogP contribution in [0, 0.1) is 0 Å². The first kappa shape index (κ1) is 12.7. The van der Waals surface area contributed by atoms with E-state index in [-0.39, 0.29) is 5.69 Å². The van der Waals surface area contributed by atoms with E-state index in [4.69, 9.17) is 0 Å². The lowest BCUT2D eigenvalue weighted by Crippen LogP contribution is -2.22. The van der Waals surface area contributed by atoms with Crippen LogP contribution in [-0.2, 0) is 13.6 Å². The minimum Gasteiger partial charge on any atom is -0.295 e. The van der Waals surface area contributed by atoms with E-state index in [9.17, 15) is 4.79 Å². The van der Waals surface area contributed by atoms with E-state index in [0.29, 0.717) is 0 Å². The summed E-state index contributed by atoms with van der Waals surface area (Å²) in [5, 5.41) is 0. The van der Waals surface area contributed by atoms with Crippen LogP contribution in [0.25, 0.3) is 11.0 Å². The third kappa shape index (κ3) is 2.40. The number of rotatable bonds is 6. The van der Waals surface area contributed by atoms with Crippen LogP contribution < -0.4 is 5.69 Å². The fourth-order valence-corrected chi connectivity index (χ4v) is 2.31. The third-order valence-corrected chi connectivity index (χ3v) is 3.34. The van der Waals surface area contributed by atoms with Crippen molar-refractivity contribution in [1.29, 1.82) is 0 Å². The Morgan fingerprint density at radius 2 is 1.89 bits per heavy atom. The van der Waals surface area contributed by atoms with Gasteiger partial charge in [-0.1, -0.05) is 24.6 Å². The zero-order valence-corrected chi connectivity index (χ0v) is 10.9. The number of nitrogens with zero attached hydrogens (tertiary/aromatic N) is 2. The van der Waals surface area contributed by atoms with Crippen molar-refractivity contribution in [2.75, 3.05) is 0 Å². The molecule has 1 heterocycles. The van der Waals surface area contributed by atoms with E-state index in [1.54, 1.807) is 4.57 Å². The van der Waals surface area contributed by atoms with Crippen molar-refractivity contribution >= 4 is 11.0 Å². The van der Waals surface area contributed by atoms with Gasteiger partial charge >= 0.3 is 5.69 Å². The van der Waals surface area contributed by atoms with Gasteiger partial charge < -0.3 is 0 Å². The molecule has 0 unspecified atom stereocenters. The van der Waals surface area contributed by atoms with Crippen molar-refractivity contribution in [3.63, 3.8) is 0 Å². The molecule has 0 saturated carbocycles.